The second-order valence-electron chi connectivity index (χ2n) is 8.38. The van der Waals surface area contributed by atoms with Gasteiger partial charge in [0.05, 0.1) is 24.7 Å². The molecule has 1 unspecified atom stereocenters. The van der Waals surface area contributed by atoms with Crippen LogP contribution in [0.3, 0.4) is 0 Å². The zero-order valence-corrected chi connectivity index (χ0v) is 21.2. The molecule has 1 amide bonds. The molecule has 5 rings (SSSR count). The number of nitrogens with one attached hydrogen (secondary N) is 3. The van der Waals surface area contributed by atoms with E-state index in [4.69, 9.17) is 4.74 Å². The van der Waals surface area contributed by atoms with E-state index < -0.39 is 17.9 Å². The van der Waals surface area contributed by atoms with Gasteiger partial charge in [-0.2, -0.15) is 0 Å². The number of imidazole rings is 1. The van der Waals surface area contributed by atoms with Gasteiger partial charge in [0.1, 0.15) is 11.7 Å². The Labute approximate surface area is 223 Å². The third kappa shape index (κ3) is 5.64. The van der Waals surface area contributed by atoms with Gasteiger partial charge >= 0.3 is 5.97 Å². The number of H-pyrrole nitrogens is 1. The smallest absolute Gasteiger partial charge is 0.330 e. The fourth-order valence-corrected chi connectivity index (χ4v) is 3.97. The van der Waals surface area contributed by atoms with E-state index in [1.54, 1.807) is 60.9 Å². The number of carbonyl (C=O) groups is 2. The van der Waals surface area contributed by atoms with Crippen LogP contribution >= 0.6 is 0 Å². The van der Waals surface area contributed by atoms with Crippen molar-refractivity contribution in [1.29, 1.82) is 0 Å². The Bertz CT molecular complexity index is 1550. The SMILES string of the molecule is CNc1nccc(-c2nc3cc(C(=O)NC(CN(c4ccccc4)c4ncccn4)C(=O)OC)ccc3[nH]2)n1. The van der Waals surface area contributed by atoms with Crippen molar-refractivity contribution in [2.24, 2.45) is 0 Å². The highest BCUT2D eigenvalue weighted by atomic mass is 16.5. The Morgan fingerprint density at radius 3 is 2.51 bits per heavy atom. The molecule has 0 saturated carbocycles. The van der Waals surface area contributed by atoms with E-state index in [-0.39, 0.29) is 6.54 Å². The van der Waals surface area contributed by atoms with E-state index in [1.807, 2.05) is 30.3 Å². The van der Waals surface area contributed by atoms with E-state index in [1.165, 1.54) is 7.11 Å². The Hall–Kier alpha value is -5.39. The van der Waals surface area contributed by atoms with Gasteiger partial charge < -0.3 is 25.3 Å². The van der Waals surface area contributed by atoms with Crippen LogP contribution in [0.4, 0.5) is 17.6 Å². The summed E-state index contributed by atoms with van der Waals surface area (Å²) in [6.07, 6.45) is 4.85. The highest BCUT2D eigenvalue weighted by molar-refractivity contribution is 5.99. The first kappa shape index (κ1) is 25.3. The van der Waals surface area contributed by atoms with Gasteiger partial charge in [0.2, 0.25) is 11.9 Å². The van der Waals surface area contributed by atoms with Crippen molar-refractivity contribution in [2.75, 3.05) is 30.9 Å². The lowest BCUT2D eigenvalue weighted by Crippen LogP contribution is -2.48. The lowest BCUT2D eigenvalue weighted by Gasteiger charge is -2.27. The van der Waals surface area contributed by atoms with Crippen LogP contribution in [-0.4, -0.2) is 68.5 Å². The molecule has 3 heterocycles. The number of amides is 1. The molecule has 39 heavy (non-hydrogen) atoms. The Morgan fingerprint density at radius 1 is 0.974 bits per heavy atom. The number of aromatic amines is 1. The van der Waals surface area contributed by atoms with Crippen molar-refractivity contribution in [3.63, 3.8) is 0 Å². The van der Waals surface area contributed by atoms with Gasteiger partial charge in [-0.25, -0.2) is 29.7 Å². The largest absolute Gasteiger partial charge is 0.467 e. The molecule has 0 bridgehead atoms. The molecule has 12 nitrogen and oxygen atoms in total. The predicted octanol–water partition coefficient (Wildman–Crippen LogP) is 2.96. The number of esters is 1. The predicted molar refractivity (Wildman–Crippen MR) is 145 cm³/mol. The summed E-state index contributed by atoms with van der Waals surface area (Å²) in [5, 5.41) is 5.69. The minimum absolute atomic E-state index is 0.0444. The highest BCUT2D eigenvalue weighted by Crippen LogP contribution is 2.23. The topological polar surface area (TPSA) is 151 Å². The van der Waals surface area contributed by atoms with Crippen LogP contribution in [0.15, 0.2) is 79.3 Å². The van der Waals surface area contributed by atoms with Crippen LogP contribution in [0.25, 0.3) is 22.6 Å². The van der Waals surface area contributed by atoms with Crippen molar-refractivity contribution in [3.8, 4) is 11.5 Å². The molecule has 12 heteroatoms. The molecular weight excluding hydrogens is 498 g/mol. The summed E-state index contributed by atoms with van der Waals surface area (Å²) in [6.45, 7) is 0.0444. The number of hydrogen-bond acceptors (Lipinski definition) is 10. The lowest BCUT2D eigenvalue weighted by atomic mass is 10.1. The normalized spacial score (nSPS) is 11.5. The molecule has 196 valence electrons. The van der Waals surface area contributed by atoms with Crippen LogP contribution in [0.1, 0.15) is 10.4 Å². The number of hydrogen-bond donors (Lipinski definition) is 3. The first-order valence-electron chi connectivity index (χ1n) is 12.0. The lowest BCUT2D eigenvalue weighted by molar-refractivity contribution is -0.142. The number of rotatable bonds is 9. The molecule has 0 fully saturated rings. The average molecular weight is 524 g/mol. The van der Waals surface area contributed by atoms with Crippen molar-refractivity contribution in [1.82, 2.24) is 35.2 Å². The van der Waals surface area contributed by atoms with Crippen LogP contribution in [0.2, 0.25) is 0 Å². The molecule has 1 atom stereocenters. The molecule has 0 radical (unpaired) electrons. The first-order chi connectivity index (χ1) is 19.1. The number of carbonyl (C=O) groups excluding carboxylic acids is 2. The fraction of sp³-hybridized carbons (Fsp3) is 0.148. The van der Waals surface area contributed by atoms with E-state index in [0.29, 0.717) is 34.5 Å². The number of methoxy groups -OCH3 is 1. The molecule has 0 spiro atoms. The second kappa shape index (κ2) is 11.3. The minimum Gasteiger partial charge on any atom is -0.467 e. The zero-order chi connectivity index (χ0) is 27.2. The molecule has 5 aromatic rings. The average Bonchev–Trinajstić information content (AvgIpc) is 3.43. The van der Waals surface area contributed by atoms with Crippen molar-refractivity contribution < 1.29 is 14.3 Å². The van der Waals surface area contributed by atoms with Gasteiger partial charge in [-0.3, -0.25) is 4.79 Å². The number of para-hydroxylation sites is 1. The van der Waals surface area contributed by atoms with E-state index >= 15 is 0 Å². The summed E-state index contributed by atoms with van der Waals surface area (Å²) in [6, 6.07) is 16.8. The van der Waals surface area contributed by atoms with Gasteiger partial charge in [0, 0.05) is 36.9 Å². The van der Waals surface area contributed by atoms with Gasteiger partial charge in [-0.15, -0.1) is 0 Å². The van der Waals surface area contributed by atoms with Crippen LogP contribution < -0.4 is 15.5 Å². The van der Waals surface area contributed by atoms with Gasteiger partial charge in [-0.1, -0.05) is 18.2 Å². The Morgan fingerprint density at radius 2 is 1.77 bits per heavy atom. The molecule has 3 aromatic heterocycles. The quantitative estimate of drug-likeness (QED) is 0.246. The summed E-state index contributed by atoms with van der Waals surface area (Å²) >= 11 is 0. The van der Waals surface area contributed by atoms with E-state index in [9.17, 15) is 9.59 Å². The van der Waals surface area contributed by atoms with Crippen molar-refractivity contribution in [3.05, 3.63) is 84.8 Å². The molecular formula is C27H25N9O3. The number of nitrogens with zero attached hydrogens (tertiary/aromatic N) is 6. The molecule has 0 saturated heterocycles. The van der Waals surface area contributed by atoms with Crippen molar-refractivity contribution in [2.45, 2.75) is 6.04 Å². The molecule has 0 aliphatic carbocycles. The summed E-state index contributed by atoms with van der Waals surface area (Å²) in [5.41, 5.74) is 2.98. The highest BCUT2D eigenvalue weighted by Gasteiger charge is 2.27. The fourth-order valence-electron chi connectivity index (χ4n) is 3.97. The van der Waals surface area contributed by atoms with Crippen LogP contribution in [0, 0.1) is 0 Å². The number of ether oxygens (including phenoxy) is 1. The minimum atomic E-state index is -1.02. The Kier molecular flexibility index (Phi) is 7.35. The standard InChI is InChI=1S/C27H25N9O3/c1-28-26-29-14-11-20(35-26)23-32-19-10-9-17(15-21(19)33-23)24(37)34-22(25(38)39-2)16-36(18-7-4-3-5-8-18)27-30-12-6-13-31-27/h3-15,22H,16H2,1-2H3,(H,32,33)(H,34,37)(H,28,29,35). The molecule has 0 aliphatic rings. The summed E-state index contributed by atoms with van der Waals surface area (Å²) < 4.78 is 5.01. The molecule has 2 aromatic carbocycles. The first-order valence-corrected chi connectivity index (χ1v) is 12.0. The maximum absolute atomic E-state index is 13.3. The number of anilines is 3. The van der Waals surface area contributed by atoms with E-state index in [0.717, 1.165) is 11.2 Å². The maximum atomic E-state index is 13.3. The number of aromatic nitrogens is 6. The van der Waals surface area contributed by atoms with Crippen LogP contribution in [0.5, 0.6) is 0 Å². The summed E-state index contributed by atoms with van der Waals surface area (Å²) in [4.78, 5) is 52.8. The second-order valence-corrected chi connectivity index (χ2v) is 8.38. The zero-order valence-electron chi connectivity index (χ0n) is 21.2. The molecule has 0 aliphatic heterocycles. The number of benzene rings is 2. The van der Waals surface area contributed by atoms with Gasteiger partial charge in [0.15, 0.2) is 5.82 Å². The van der Waals surface area contributed by atoms with Gasteiger partial charge in [-0.05, 0) is 42.5 Å². The monoisotopic (exact) mass is 523 g/mol. The Balaban J connectivity index is 1.40. The van der Waals surface area contributed by atoms with Crippen LogP contribution in [-0.2, 0) is 9.53 Å². The third-order valence-electron chi connectivity index (χ3n) is 5.88. The van der Waals surface area contributed by atoms with Crippen molar-refractivity contribution >= 4 is 40.5 Å². The maximum Gasteiger partial charge on any atom is 0.330 e. The van der Waals surface area contributed by atoms with Gasteiger partial charge in [0.25, 0.3) is 5.91 Å². The number of fused-ring (bicyclic) bond motifs is 1. The third-order valence-corrected chi connectivity index (χ3v) is 5.88. The summed E-state index contributed by atoms with van der Waals surface area (Å²) in [5.74, 6) is 0.317. The van der Waals surface area contributed by atoms with E-state index in [2.05, 4.69) is 40.5 Å². The molecule has 3 N–H and O–H groups in total. The summed E-state index contributed by atoms with van der Waals surface area (Å²) in [7, 11) is 3.01.